The molecule has 0 saturated heterocycles. The molecule has 1 heterocycles. The number of aryl methyl sites for hydroxylation is 1. The Labute approximate surface area is 106 Å². The van der Waals surface area contributed by atoms with Gasteiger partial charge in [-0.2, -0.15) is 0 Å². The summed E-state index contributed by atoms with van der Waals surface area (Å²) >= 11 is 0. The molecule has 1 fully saturated rings. The van der Waals surface area contributed by atoms with E-state index in [1.165, 1.54) is 4.57 Å². The summed E-state index contributed by atoms with van der Waals surface area (Å²) in [5.74, 6) is -2.04. The van der Waals surface area contributed by atoms with Crippen LogP contribution in [-0.2, 0) is 6.42 Å². The molecule has 0 radical (unpaired) electrons. The first-order valence-electron chi connectivity index (χ1n) is 6.20. The SMILES string of the molecule is CCc1c(F)c(F)cc2c(=O)[nH]c(=O)n(C3CC3)c12. The predicted molar refractivity (Wildman–Crippen MR) is 66.4 cm³/mol. The van der Waals surface area contributed by atoms with E-state index in [0.717, 1.165) is 18.9 Å². The van der Waals surface area contributed by atoms with Crippen molar-refractivity contribution < 1.29 is 8.78 Å². The van der Waals surface area contributed by atoms with Crippen LogP contribution in [0.1, 0.15) is 31.4 Å². The molecular weight excluding hydrogens is 254 g/mol. The highest BCUT2D eigenvalue weighted by Crippen LogP contribution is 2.36. The first-order valence-corrected chi connectivity index (χ1v) is 6.20. The average Bonchev–Trinajstić information content (AvgIpc) is 3.17. The summed E-state index contributed by atoms with van der Waals surface area (Å²) in [6.07, 6.45) is 1.84. The number of halogens is 2. The van der Waals surface area contributed by atoms with Gasteiger partial charge in [-0.25, -0.2) is 13.6 Å². The van der Waals surface area contributed by atoms with Crippen LogP contribution in [0, 0.1) is 11.6 Å². The maximum absolute atomic E-state index is 13.9. The number of H-pyrrole nitrogens is 1. The molecule has 1 aliphatic carbocycles. The fourth-order valence-electron chi connectivity index (χ4n) is 2.45. The highest BCUT2D eigenvalue weighted by molar-refractivity contribution is 5.82. The van der Waals surface area contributed by atoms with E-state index in [1.54, 1.807) is 6.92 Å². The normalized spacial score (nSPS) is 15.1. The van der Waals surface area contributed by atoms with Crippen LogP contribution < -0.4 is 11.2 Å². The van der Waals surface area contributed by atoms with Crippen LogP contribution in [-0.4, -0.2) is 9.55 Å². The number of aromatic nitrogens is 2. The molecule has 0 atom stereocenters. The molecule has 1 saturated carbocycles. The van der Waals surface area contributed by atoms with E-state index in [-0.39, 0.29) is 28.9 Å². The number of aromatic amines is 1. The first kappa shape index (κ1) is 12.1. The molecule has 1 N–H and O–H groups in total. The molecule has 0 spiro atoms. The maximum atomic E-state index is 13.9. The summed E-state index contributed by atoms with van der Waals surface area (Å²) in [5, 5.41) is 0.0299. The van der Waals surface area contributed by atoms with E-state index in [1.807, 2.05) is 0 Å². The van der Waals surface area contributed by atoms with Gasteiger partial charge in [0.2, 0.25) is 0 Å². The van der Waals surface area contributed by atoms with E-state index in [2.05, 4.69) is 4.98 Å². The van der Waals surface area contributed by atoms with E-state index < -0.39 is 22.9 Å². The zero-order valence-corrected chi connectivity index (χ0v) is 10.3. The van der Waals surface area contributed by atoms with Crippen molar-refractivity contribution in [3.8, 4) is 0 Å². The molecule has 4 nitrogen and oxygen atoms in total. The largest absolute Gasteiger partial charge is 0.329 e. The van der Waals surface area contributed by atoms with Crippen molar-refractivity contribution in [2.24, 2.45) is 0 Å². The van der Waals surface area contributed by atoms with Crippen LogP contribution in [0.3, 0.4) is 0 Å². The summed E-state index contributed by atoms with van der Waals surface area (Å²) in [6, 6.07) is 0.836. The summed E-state index contributed by atoms with van der Waals surface area (Å²) in [4.78, 5) is 25.8. The van der Waals surface area contributed by atoms with E-state index in [4.69, 9.17) is 0 Å². The van der Waals surface area contributed by atoms with Crippen molar-refractivity contribution in [1.82, 2.24) is 9.55 Å². The maximum Gasteiger partial charge on any atom is 0.329 e. The lowest BCUT2D eigenvalue weighted by molar-refractivity contribution is 0.501. The minimum Gasteiger partial charge on any atom is -0.290 e. The van der Waals surface area contributed by atoms with Crippen molar-refractivity contribution in [1.29, 1.82) is 0 Å². The van der Waals surface area contributed by atoms with E-state index in [0.29, 0.717) is 0 Å². The first-order chi connectivity index (χ1) is 9.04. The molecular formula is C13H12F2N2O2. The zero-order chi connectivity index (χ0) is 13.7. The Hall–Kier alpha value is -1.98. The molecule has 1 aromatic carbocycles. The van der Waals surface area contributed by atoms with Gasteiger partial charge in [0, 0.05) is 11.6 Å². The minimum absolute atomic E-state index is 0.0259. The Kier molecular flexibility index (Phi) is 2.55. The Morgan fingerprint density at radius 1 is 1.37 bits per heavy atom. The monoisotopic (exact) mass is 266 g/mol. The minimum atomic E-state index is -1.06. The molecule has 0 bridgehead atoms. The topological polar surface area (TPSA) is 54.9 Å². The van der Waals surface area contributed by atoms with Gasteiger partial charge in [-0.3, -0.25) is 14.3 Å². The lowest BCUT2D eigenvalue weighted by atomic mass is 10.1. The Morgan fingerprint density at radius 3 is 2.63 bits per heavy atom. The smallest absolute Gasteiger partial charge is 0.290 e. The lowest BCUT2D eigenvalue weighted by Crippen LogP contribution is -2.31. The van der Waals surface area contributed by atoms with Gasteiger partial charge in [-0.05, 0) is 25.3 Å². The molecule has 1 aromatic heterocycles. The molecule has 6 heteroatoms. The summed E-state index contributed by atoms with van der Waals surface area (Å²) < 4.78 is 28.8. The van der Waals surface area contributed by atoms with Gasteiger partial charge in [0.25, 0.3) is 5.56 Å². The zero-order valence-electron chi connectivity index (χ0n) is 10.3. The number of benzene rings is 1. The number of nitrogens with zero attached hydrogens (tertiary/aromatic N) is 1. The van der Waals surface area contributed by atoms with E-state index in [9.17, 15) is 18.4 Å². The lowest BCUT2D eigenvalue weighted by Gasteiger charge is -2.13. The van der Waals surface area contributed by atoms with Crippen molar-refractivity contribution in [2.45, 2.75) is 32.2 Å². The second-order valence-electron chi connectivity index (χ2n) is 4.76. The van der Waals surface area contributed by atoms with Gasteiger partial charge >= 0.3 is 5.69 Å². The van der Waals surface area contributed by atoms with Crippen LogP contribution in [0.4, 0.5) is 8.78 Å². The van der Waals surface area contributed by atoms with Gasteiger partial charge in [-0.15, -0.1) is 0 Å². The molecule has 0 aliphatic heterocycles. The Bertz CT molecular complexity index is 788. The standard InChI is InChI=1S/C13H12F2N2O2/c1-2-7-10(15)9(14)5-8-11(7)17(6-3-4-6)13(19)16-12(8)18/h5-6H,2-4H2,1H3,(H,16,18,19). The fourth-order valence-corrected chi connectivity index (χ4v) is 2.45. The second kappa shape index (κ2) is 4.01. The number of hydrogen-bond acceptors (Lipinski definition) is 2. The third-order valence-corrected chi connectivity index (χ3v) is 3.48. The highest BCUT2D eigenvalue weighted by atomic mass is 19.2. The summed E-state index contributed by atoms with van der Waals surface area (Å²) in [7, 11) is 0. The predicted octanol–water partition coefficient (Wildman–Crippen LogP) is 1.87. The Morgan fingerprint density at radius 2 is 2.05 bits per heavy atom. The van der Waals surface area contributed by atoms with Gasteiger partial charge in [0.05, 0.1) is 10.9 Å². The Balaban J connectivity index is 2.58. The summed E-state index contributed by atoms with van der Waals surface area (Å²) in [6.45, 7) is 1.67. The van der Waals surface area contributed by atoms with Gasteiger partial charge in [0.15, 0.2) is 11.6 Å². The molecule has 0 amide bonds. The number of hydrogen-bond donors (Lipinski definition) is 1. The van der Waals surface area contributed by atoms with Gasteiger partial charge < -0.3 is 0 Å². The molecule has 0 unspecified atom stereocenters. The van der Waals surface area contributed by atoms with E-state index >= 15 is 0 Å². The third kappa shape index (κ3) is 1.70. The quantitative estimate of drug-likeness (QED) is 0.902. The van der Waals surface area contributed by atoms with Crippen LogP contribution in [0.5, 0.6) is 0 Å². The van der Waals surface area contributed by atoms with Crippen LogP contribution in [0.15, 0.2) is 15.7 Å². The van der Waals surface area contributed by atoms with Crippen molar-refractivity contribution in [3.63, 3.8) is 0 Å². The second-order valence-corrected chi connectivity index (χ2v) is 4.76. The molecule has 3 rings (SSSR count). The van der Waals surface area contributed by atoms with Crippen LogP contribution in [0.2, 0.25) is 0 Å². The molecule has 19 heavy (non-hydrogen) atoms. The van der Waals surface area contributed by atoms with Crippen molar-refractivity contribution in [3.05, 3.63) is 44.1 Å². The highest BCUT2D eigenvalue weighted by Gasteiger charge is 2.29. The van der Waals surface area contributed by atoms with Gasteiger partial charge in [0.1, 0.15) is 0 Å². The molecule has 1 aliphatic rings. The molecule has 100 valence electrons. The van der Waals surface area contributed by atoms with Crippen molar-refractivity contribution >= 4 is 10.9 Å². The third-order valence-electron chi connectivity index (χ3n) is 3.48. The fraction of sp³-hybridized carbons (Fsp3) is 0.385. The van der Waals surface area contributed by atoms with Crippen LogP contribution >= 0.6 is 0 Å². The van der Waals surface area contributed by atoms with Gasteiger partial charge in [-0.1, -0.05) is 6.92 Å². The summed E-state index contributed by atoms with van der Waals surface area (Å²) in [5.41, 5.74) is -0.908. The number of fused-ring (bicyclic) bond motifs is 1. The number of rotatable bonds is 2. The number of nitrogens with one attached hydrogen (secondary N) is 1. The average molecular weight is 266 g/mol. The molecule has 2 aromatic rings. The van der Waals surface area contributed by atoms with Crippen LogP contribution in [0.25, 0.3) is 10.9 Å². The van der Waals surface area contributed by atoms with Crippen molar-refractivity contribution in [2.75, 3.05) is 0 Å².